The largest absolute Gasteiger partial charge is 0.460 e. The van der Waals surface area contributed by atoms with Crippen molar-refractivity contribution in [2.24, 2.45) is 5.92 Å². The van der Waals surface area contributed by atoms with Crippen molar-refractivity contribution in [3.05, 3.63) is 41.2 Å². The molecule has 0 spiro atoms. The molecule has 3 aromatic rings. The summed E-state index contributed by atoms with van der Waals surface area (Å²) in [6.07, 6.45) is 1.22. The Morgan fingerprint density at radius 2 is 2.07 bits per heavy atom. The number of Topliss-reactive ketones (excluding diaryl/α,β-unsaturated/α-hetero) is 1. The normalized spacial score (nSPS) is 16.2. The molecular formula is C19H18N4O3S. The zero-order valence-corrected chi connectivity index (χ0v) is 15.8. The quantitative estimate of drug-likeness (QED) is 0.745. The molecule has 1 aromatic carbocycles. The molecule has 1 N–H and O–H groups in total. The van der Waals surface area contributed by atoms with Crippen molar-refractivity contribution in [3.8, 4) is 5.19 Å². The SMILES string of the molecule is Cc1nc(NC(=O)COc2nc3ccccc3s2)nc2c1C(=O)C[C@H](C)C2. The Balaban J connectivity index is 1.44. The summed E-state index contributed by atoms with van der Waals surface area (Å²) in [5.74, 6) is 0.137. The molecule has 7 nitrogen and oxygen atoms in total. The third-order valence-corrected chi connectivity index (χ3v) is 5.32. The van der Waals surface area contributed by atoms with Crippen LogP contribution in [0.4, 0.5) is 5.95 Å². The topological polar surface area (TPSA) is 94.1 Å². The Labute approximate surface area is 159 Å². The number of ether oxygens (including phenoxy) is 1. The first-order valence-electron chi connectivity index (χ1n) is 8.68. The Bertz CT molecular complexity index is 1010. The fraction of sp³-hybridized carbons (Fsp3) is 0.316. The lowest BCUT2D eigenvalue weighted by Crippen LogP contribution is -2.25. The number of hydrogen-bond donors (Lipinski definition) is 1. The highest BCUT2D eigenvalue weighted by molar-refractivity contribution is 7.20. The number of nitrogens with one attached hydrogen (secondary N) is 1. The van der Waals surface area contributed by atoms with Gasteiger partial charge in [-0.05, 0) is 31.4 Å². The fourth-order valence-corrected chi connectivity index (χ4v) is 4.04. The minimum Gasteiger partial charge on any atom is -0.460 e. The third-order valence-electron chi connectivity index (χ3n) is 4.37. The van der Waals surface area contributed by atoms with Crippen molar-refractivity contribution in [1.29, 1.82) is 0 Å². The second-order valence-corrected chi connectivity index (χ2v) is 7.67. The van der Waals surface area contributed by atoms with Gasteiger partial charge in [0.15, 0.2) is 12.4 Å². The standard InChI is InChI=1S/C19H18N4O3S/c1-10-7-13-17(14(24)8-10)11(2)20-18(21-13)23-16(25)9-26-19-22-12-5-3-4-6-15(12)27-19/h3-6,10H,7-9H2,1-2H3,(H,20,21,23,25)/t10-/m1/s1. The fourth-order valence-electron chi connectivity index (χ4n) is 3.22. The Morgan fingerprint density at radius 3 is 2.89 bits per heavy atom. The number of nitrogens with zero attached hydrogens (tertiary/aromatic N) is 3. The summed E-state index contributed by atoms with van der Waals surface area (Å²) >= 11 is 1.38. The van der Waals surface area contributed by atoms with Crippen LogP contribution < -0.4 is 10.1 Å². The van der Waals surface area contributed by atoms with Gasteiger partial charge in [-0.1, -0.05) is 30.4 Å². The van der Waals surface area contributed by atoms with Crippen LogP contribution in [-0.4, -0.2) is 33.2 Å². The highest BCUT2D eigenvalue weighted by Crippen LogP contribution is 2.28. The predicted molar refractivity (Wildman–Crippen MR) is 102 cm³/mol. The molecule has 27 heavy (non-hydrogen) atoms. The molecule has 0 saturated carbocycles. The molecule has 0 bridgehead atoms. The summed E-state index contributed by atoms with van der Waals surface area (Å²) in [6.45, 7) is 3.60. The minimum absolute atomic E-state index is 0.0679. The second kappa shape index (κ2) is 7.03. The van der Waals surface area contributed by atoms with E-state index in [4.69, 9.17) is 4.74 Å². The number of para-hydroxylation sites is 1. The Morgan fingerprint density at radius 1 is 1.26 bits per heavy atom. The van der Waals surface area contributed by atoms with E-state index in [0.717, 1.165) is 10.2 Å². The van der Waals surface area contributed by atoms with Gasteiger partial charge in [0.2, 0.25) is 5.95 Å². The van der Waals surface area contributed by atoms with Crippen LogP contribution in [0.3, 0.4) is 0 Å². The molecule has 0 saturated heterocycles. The molecule has 8 heteroatoms. The first-order valence-corrected chi connectivity index (χ1v) is 9.50. The summed E-state index contributed by atoms with van der Waals surface area (Å²) in [5, 5.41) is 3.08. The molecular weight excluding hydrogens is 364 g/mol. The van der Waals surface area contributed by atoms with Gasteiger partial charge < -0.3 is 4.74 Å². The smallest absolute Gasteiger partial charge is 0.274 e. The number of benzene rings is 1. The van der Waals surface area contributed by atoms with E-state index in [1.807, 2.05) is 31.2 Å². The second-order valence-electron chi connectivity index (χ2n) is 6.68. The lowest BCUT2D eigenvalue weighted by atomic mass is 9.86. The van der Waals surface area contributed by atoms with Gasteiger partial charge in [-0.25, -0.2) is 15.0 Å². The lowest BCUT2D eigenvalue weighted by molar-refractivity contribution is -0.118. The van der Waals surface area contributed by atoms with E-state index in [1.165, 1.54) is 11.3 Å². The first-order chi connectivity index (χ1) is 13.0. The van der Waals surface area contributed by atoms with E-state index < -0.39 is 0 Å². The number of aryl methyl sites for hydroxylation is 1. The van der Waals surface area contributed by atoms with Crippen LogP contribution in [0.25, 0.3) is 10.2 Å². The summed E-state index contributed by atoms with van der Waals surface area (Å²) < 4.78 is 6.49. The maximum atomic E-state index is 12.2. The molecule has 0 fully saturated rings. The maximum absolute atomic E-state index is 12.2. The summed E-state index contributed by atoms with van der Waals surface area (Å²) in [7, 11) is 0. The van der Waals surface area contributed by atoms with Gasteiger partial charge in [0.05, 0.1) is 27.2 Å². The van der Waals surface area contributed by atoms with Gasteiger partial charge in [-0.2, -0.15) is 0 Å². The molecule has 1 aliphatic rings. The van der Waals surface area contributed by atoms with Gasteiger partial charge in [0.25, 0.3) is 11.1 Å². The number of carbonyl (C=O) groups excluding carboxylic acids is 2. The minimum atomic E-state index is -0.371. The van der Waals surface area contributed by atoms with E-state index in [1.54, 1.807) is 6.92 Å². The highest BCUT2D eigenvalue weighted by Gasteiger charge is 2.26. The average Bonchev–Trinajstić information content (AvgIpc) is 3.02. The number of hydrogen-bond acceptors (Lipinski definition) is 7. The molecule has 0 aliphatic heterocycles. The molecule has 1 amide bonds. The van der Waals surface area contributed by atoms with Gasteiger partial charge in [0, 0.05) is 6.42 Å². The number of fused-ring (bicyclic) bond motifs is 2. The highest BCUT2D eigenvalue weighted by atomic mass is 32.1. The third kappa shape index (κ3) is 3.66. The molecule has 1 aliphatic carbocycles. The van der Waals surface area contributed by atoms with Crippen molar-refractivity contribution >= 4 is 39.2 Å². The number of rotatable bonds is 4. The van der Waals surface area contributed by atoms with Crippen LogP contribution in [0.2, 0.25) is 0 Å². The van der Waals surface area contributed by atoms with Crippen molar-refractivity contribution < 1.29 is 14.3 Å². The van der Waals surface area contributed by atoms with E-state index >= 15 is 0 Å². The Kier molecular flexibility index (Phi) is 4.57. The first kappa shape index (κ1) is 17.5. The van der Waals surface area contributed by atoms with Crippen molar-refractivity contribution in [2.45, 2.75) is 26.7 Å². The van der Waals surface area contributed by atoms with Crippen LogP contribution in [0.1, 0.15) is 35.1 Å². The van der Waals surface area contributed by atoms with E-state index in [9.17, 15) is 9.59 Å². The number of carbonyl (C=O) groups is 2. The van der Waals surface area contributed by atoms with E-state index in [0.29, 0.717) is 35.0 Å². The van der Waals surface area contributed by atoms with E-state index in [-0.39, 0.29) is 30.2 Å². The van der Waals surface area contributed by atoms with Gasteiger partial charge in [-0.3, -0.25) is 14.9 Å². The van der Waals surface area contributed by atoms with Crippen LogP contribution in [0.5, 0.6) is 5.19 Å². The molecule has 0 radical (unpaired) electrons. The van der Waals surface area contributed by atoms with Crippen LogP contribution in [0, 0.1) is 12.8 Å². The van der Waals surface area contributed by atoms with Crippen molar-refractivity contribution in [3.63, 3.8) is 0 Å². The van der Waals surface area contributed by atoms with Gasteiger partial charge in [-0.15, -0.1) is 0 Å². The predicted octanol–water partition coefficient (Wildman–Crippen LogP) is 3.18. The number of ketones is 1. The molecule has 1 atom stereocenters. The zero-order chi connectivity index (χ0) is 19.0. The summed E-state index contributed by atoms with van der Waals surface area (Å²) in [5.41, 5.74) is 2.73. The van der Waals surface area contributed by atoms with Crippen LogP contribution in [-0.2, 0) is 11.2 Å². The van der Waals surface area contributed by atoms with Gasteiger partial charge >= 0.3 is 0 Å². The van der Waals surface area contributed by atoms with Crippen LogP contribution >= 0.6 is 11.3 Å². The van der Waals surface area contributed by atoms with Gasteiger partial charge in [0.1, 0.15) is 0 Å². The van der Waals surface area contributed by atoms with Crippen LogP contribution in [0.15, 0.2) is 24.3 Å². The van der Waals surface area contributed by atoms with E-state index in [2.05, 4.69) is 20.3 Å². The molecule has 2 aromatic heterocycles. The number of amides is 1. The maximum Gasteiger partial charge on any atom is 0.274 e. The molecule has 0 unspecified atom stereocenters. The number of thiazole rings is 1. The number of anilines is 1. The Hall–Kier alpha value is -2.87. The lowest BCUT2D eigenvalue weighted by Gasteiger charge is -2.21. The number of aromatic nitrogens is 3. The summed E-state index contributed by atoms with van der Waals surface area (Å²) in [4.78, 5) is 37.4. The zero-order valence-electron chi connectivity index (χ0n) is 15.0. The monoisotopic (exact) mass is 382 g/mol. The average molecular weight is 382 g/mol. The van der Waals surface area contributed by atoms with Crippen molar-refractivity contribution in [1.82, 2.24) is 15.0 Å². The van der Waals surface area contributed by atoms with Crippen molar-refractivity contribution in [2.75, 3.05) is 11.9 Å². The molecule has 2 heterocycles. The molecule has 138 valence electrons. The molecule has 4 rings (SSSR count). The summed E-state index contributed by atoms with van der Waals surface area (Å²) in [6, 6.07) is 7.68.